The predicted octanol–water partition coefficient (Wildman–Crippen LogP) is 21.7. The van der Waals surface area contributed by atoms with Crippen molar-refractivity contribution in [2.24, 2.45) is 0 Å². The summed E-state index contributed by atoms with van der Waals surface area (Å²) in [6.07, 6.45) is 89.3. The fraction of sp³-hybridized carbons (Fsp3) is 0.843. The fourth-order valence-corrected chi connectivity index (χ4v) is 10.4. The number of carbonyl (C=O) groups excluding carboxylic acids is 1. The van der Waals surface area contributed by atoms with Crippen molar-refractivity contribution in [3.05, 3.63) is 60.8 Å². The first-order valence-electron chi connectivity index (χ1n) is 33.6. The summed E-state index contributed by atoms with van der Waals surface area (Å²) in [6, 6.07) is -0.824. The smallest absolute Gasteiger partial charge is 0.249 e. The van der Waals surface area contributed by atoms with E-state index in [9.17, 15) is 20.1 Å². The van der Waals surface area contributed by atoms with Crippen molar-refractivity contribution >= 4 is 5.91 Å². The lowest BCUT2D eigenvalue weighted by atomic mass is 10.0. The average molecular weight is 1050 g/mol. The van der Waals surface area contributed by atoms with Gasteiger partial charge < -0.3 is 20.6 Å². The number of aliphatic hydroxyl groups is 3. The molecule has 3 unspecified atom stereocenters. The molecular weight excluding hydrogens is 919 g/mol. The van der Waals surface area contributed by atoms with Crippen molar-refractivity contribution in [1.29, 1.82) is 0 Å². The van der Waals surface area contributed by atoms with E-state index >= 15 is 0 Å². The molecule has 0 aliphatic rings. The number of allylic oxidation sites excluding steroid dienone is 9. The second-order valence-electron chi connectivity index (χ2n) is 23.0. The highest BCUT2D eigenvalue weighted by atomic mass is 16.3. The summed E-state index contributed by atoms with van der Waals surface area (Å²) in [5.41, 5.74) is 0. The highest BCUT2D eigenvalue weighted by molar-refractivity contribution is 5.80. The first kappa shape index (κ1) is 73.0. The normalized spacial score (nSPS) is 13.5. The van der Waals surface area contributed by atoms with Crippen LogP contribution < -0.4 is 5.32 Å². The minimum Gasteiger partial charge on any atom is -0.394 e. The molecule has 0 spiro atoms. The lowest BCUT2D eigenvalue weighted by Crippen LogP contribution is -2.48. The van der Waals surface area contributed by atoms with E-state index in [1.54, 1.807) is 6.08 Å². The van der Waals surface area contributed by atoms with Crippen molar-refractivity contribution in [3.8, 4) is 0 Å². The van der Waals surface area contributed by atoms with Gasteiger partial charge in [0, 0.05) is 0 Å². The van der Waals surface area contributed by atoms with Crippen LogP contribution in [0, 0.1) is 0 Å². The molecule has 0 saturated carbocycles. The van der Waals surface area contributed by atoms with Gasteiger partial charge in [0.05, 0.1) is 18.8 Å². The van der Waals surface area contributed by atoms with Crippen LogP contribution in [0.5, 0.6) is 0 Å². The summed E-state index contributed by atoms with van der Waals surface area (Å²) in [4.78, 5) is 12.6. The number of hydrogen-bond acceptors (Lipinski definition) is 4. The van der Waals surface area contributed by atoms with Gasteiger partial charge in [-0.3, -0.25) is 4.79 Å². The van der Waals surface area contributed by atoms with Crippen LogP contribution in [0.4, 0.5) is 0 Å². The van der Waals surface area contributed by atoms with Gasteiger partial charge in [0.25, 0.3) is 0 Å². The number of hydrogen-bond donors (Lipinski definition) is 4. The Bertz CT molecular complexity index is 1250. The van der Waals surface area contributed by atoms with Crippen LogP contribution in [0.3, 0.4) is 0 Å². The Balaban J connectivity index is 3.55. The van der Waals surface area contributed by atoms with E-state index in [0.29, 0.717) is 6.42 Å². The number of aliphatic hydroxyl groups excluding tert-OH is 3. The molecule has 0 bridgehead atoms. The molecule has 440 valence electrons. The molecule has 0 aliphatic heterocycles. The van der Waals surface area contributed by atoms with Crippen molar-refractivity contribution < 1.29 is 20.1 Å². The van der Waals surface area contributed by atoms with Crippen molar-refractivity contribution in [1.82, 2.24) is 5.32 Å². The quantitative estimate of drug-likeness (QED) is 0.0361. The lowest BCUT2D eigenvalue weighted by molar-refractivity contribution is -0.131. The van der Waals surface area contributed by atoms with Gasteiger partial charge in [0.2, 0.25) is 5.91 Å². The number of nitrogens with one attached hydrogen (secondary N) is 1. The van der Waals surface area contributed by atoms with E-state index < -0.39 is 24.2 Å². The molecular formula is C70H131NO4. The summed E-state index contributed by atoms with van der Waals surface area (Å²) in [5.74, 6) is -0.514. The zero-order chi connectivity index (χ0) is 54.3. The molecule has 0 fully saturated rings. The number of carbonyl (C=O) groups is 1. The molecule has 0 rings (SSSR count). The standard InChI is InChI=1S/C70H131NO4/c1-3-5-7-9-11-13-15-17-19-21-23-25-27-28-29-30-31-32-33-34-35-36-37-38-39-40-41-43-45-47-49-51-53-55-57-59-61-63-65-69(74)70(75)71-67(66-72)68(73)64-62-60-58-56-54-52-50-48-46-44-42-26-24-22-20-18-16-14-12-10-8-6-4-2/h31-32,34-35,46,48,54,56,62,64,67-69,72-74H,3-30,33,36-45,47,49-53,55,57-61,63,65-66H2,1-2H3,(H,71,75)/b32-31-,35-34-,48-46+,56-54+,64-62+. The Labute approximate surface area is 469 Å². The summed E-state index contributed by atoms with van der Waals surface area (Å²) < 4.78 is 0. The molecule has 5 nitrogen and oxygen atoms in total. The fourth-order valence-electron chi connectivity index (χ4n) is 10.4. The molecule has 1 amide bonds. The minimum absolute atomic E-state index is 0.381. The van der Waals surface area contributed by atoms with Crippen LogP contribution in [0.25, 0.3) is 0 Å². The molecule has 0 radical (unpaired) electrons. The average Bonchev–Trinajstić information content (AvgIpc) is 3.41. The Morgan fingerprint density at radius 1 is 0.333 bits per heavy atom. The Hall–Kier alpha value is -1.95. The third-order valence-corrected chi connectivity index (χ3v) is 15.6. The maximum absolute atomic E-state index is 12.6. The molecule has 3 atom stereocenters. The van der Waals surface area contributed by atoms with E-state index in [0.717, 1.165) is 51.4 Å². The van der Waals surface area contributed by atoms with E-state index in [4.69, 9.17) is 0 Å². The zero-order valence-electron chi connectivity index (χ0n) is 50.4. The Morgan fingerprint density at radius 3 is 0.893 bits per heavy atom. The second-order valence-corrected chi connectivity index (χ2v) is 23.0. The number of rotatable bonds is 62. The van der Waals surface area contributed by atoms with Crippen molar-refractivity contribution in [3.63, 3.8) is 0 Å². The van der Waals surface area contributed by atoms with Gasteiger partial charge in [-0.2, -0.15) is 0 Å². The summed E-state index contributed by atoms with van der Waals surface area (Å²) in [7, 11) is 0. The van der Waals surface area contributed by atoms with Crippen LogP contribution in [-0.2, 0) is 4.79 Å². The molecule has 0 saturated heterocycles. The number of amides is 1. The van der Waals surface area contributed by atoms with Gasteiger partial charge >= 0.3 is 0 Å². The molecule has 0 aromatic rings. The Kier molecular flexibility index (Phi) is 62.9. The summed E-state index contributed by atoms with van der Waals surface area (Å²) in [6.45, 7) is 4.21. The van der Waals surface area contributed by atoms with Gasteiger partial charge in [0.15, 0.2) is 0 Å². The summed E-state index contributed by atoms with van der Waals surface area (Å²) in [5, 5.41) is 33.4. The van der Waals surface area contributed by atoms with Gasteiger partial charge in [-0.1, -0.05) is 338 Å². The zero-order valence-corrected chi connectivity index (χ0v) is 50.4. The van der Waals surface area contributed by atoms with E-state index in [-0.39, 0.29) is 6.61 Å². The van der Waals surface area contributed by atoms with Gasteiger partial charge in [0.1, 0.15) is 6.10 Å². The van der Waals surface area contributed by atoms with Gasteiger partial charge in [-0.05, 0) is 77.0 Å². The van der Waals surface area contributed by atoms with Crippen LogP contribution >= 0.6 is 0 Å². The van der Waals surface area contributed by atoms with Crippen LogP contribution in [-0.4, -0.2) is 46.1 Å². The second kappa shape index (κ2) is 64.6. The monoisotopic (exact) mass is 1050 g/mol. The molecule has 5 heteroatoms. The lowest BCUT2D eigenvalue weighted by Gasteiger charge is -2.21. The third-order valence-electron chi connectivity index (χ3n) is 15.6. The van der Waals surface area contributed by atoms with E-state index in [1.807, 2.05) is 6.08 Å². The van der Waals surface area contributed by atoms with Crippen LogP contribution in [0.2, 0.25) is 0 Å². The molecule has 0 aromatic heterocycles. The summed E-state index contributed by atoms with van der Waals surface area (Å²) >= 11 is 0. The molecule has 0 heterocycles. The maximum Gasteiger partial charge on any atom is 0.249 e. The third kappa shape index (κ3) is 59.6. The topological polar surface area (TPSA) is 89.8 Å². The number of unbranched alkanes of at least 4 members (excludes halogenated alkanes) is 46. The maximum atomic E-state index is 12.6. The molecule has 4 N–H and O–H groups in total. The SMILES string of the molecule is CCCCCCCCCCCCCCC/C=C/CC/C=C/CC/C=C/C(O)C(CO)NC(=O)C(O)CCCCCCCCCCCCCCCCCC/C=C\C/C=C\CCCCCCCCCCCCCCCCC. The first-order chi connectivity index (χ1) is 37.1. The Morgan fingerprint density at radius 2 is 0.587 bits per heavy atom. The highest BCUT2D eigenvalue weighted by Gasteiger charge is 2.22. The van der Waals surface area contributed by atoms with Gasteiger partial charge in [-0.25, -0.2) is 0 Å². The molecule has 0 aliphatic carbocycles. The van der Waals surface area contributed by atoms with Crippen LogP contribution in [0.1, 0.15) is 354 Å². The van der Waals surface area contributed by atoms with Crippen molar-refractivity contribution in [2.45, 2.75) is 372 Å². The highest BCUT2D eigenvalue weighted by Crippen LogP contribution is 2.18. The van der Waals surface area contributed by atoms with Crippen LogP contribution in [0.15, 0.2) is 60.8 Å². The van der Waals surface area contributed by atoms with Gasteiger partial charge in [-0.15, -0.1) is 0 Å². The van der Waals surface area contributed by atoms with Crippen molar-refractivity contribution in [2.75, 3.05) is 6.61 Å². The first-order valence-corrected chi connectivity index (χ1v) is 33.6. The minimum atomic E-state index is -1.11. The van der Waals surface area contributed by atoms with E-state index in [2.05, 4.69) is 67.8 Å². The predicted molar refractivity (Wildman–Crippen MR) is 333 cm³/mol. The van der Waals surface area contributed by atoms with E-state index in [1.165, 1.54) is 283 Å². The molecule has 75 heavy (non-hydrogen) atoms. The largest absolute Gasteiger partial charge is 0.394 e. The molecule has 0 aromatic carbocycles.